The maximum absolute atomic E-state index is 12.5. The van der Waals surface area contributed by atoms with Gasteiger partial charge in [0.25, 0.3) is 11.8 Å². The first-order valence-corrected chi connectivity index (χ1v) is 11.5. The van der Waals surface area contributed by atoms with Crippen LogP contribution in [0.3, 0.4) is 0 Å². The van der Waals surface area contributed by atoms with E-state index in [-0.39, 0.29) is 25.9 Å². The highest BCUT2D eigenvalue weighted by Crippen LogP contribution is 2.25. The molecule has 0 radical (unpaired) electrons. The summed E-state index contributed by atoms with van der Waals surface area (Å²) in [6.07, 6.45) is 5.82. The number of hydrogen-bond donors (Lipinski definition) is 2. The summed E-state index contributed by atoms with van der Waals surface area (Å²) in [5.41, 5.74) is 1.69. The number of esters is 1. The summed E-state index contributed by atoms with van der Waals surface area (Å²) < 4.78 is 6.80. The summed E-state index contributed by atoms with van der Waals surface area (Å²) in [6.45, 7) is -0.481. The zero-order chi connectivity index (χ0) is 26.4. The van der Waals surface area contributed by atoms with Gasteiger partial charge in [-0.1, -0.05) is 24.3 Å². The first-order chi connectivity index (χ1) is 17.9. The number of fused-ring (bicyclic) bond motifs is 1. The maximum Gasteiger partial charge on any atom is 0.328 e. The molecule has 1 aliphatic heterocycles. The van der Waals surface area contributed by atoms with Crippen LogP contribution < -0.4 is 10.6 Å². The fraction of sp³-hybridized carbons (Fsp3) is 0.231. The van der Waals surface area contributed by atoms with Crippen molar-refractivity contribution < 1.29 is 28.7 Å². The topological polar surface area (TPSA) is 140 Å². The lowest BCUT2D eigenvalue weighted by Gasteiger charge is -2.17. The van der Waals surface area contributed by atoms with E-state index in [0.717, 1.165) is 33.5 Å². The molecule has 4 rings (SSSR count). The number of benzene rings is 1. The Kier molecular flexibility index (Phi) is 7.72. The number of aromatic nitrogens is 2. The summed E-state index contributed by atoms with van der Waals surface area (Å²) in [7, 11) is 1.23. The highest BCUT2D eigenvalue weighted by Gasteiger charge is 2.26. The van der Waals surface area contributed by atoms with Crippen LogP contribution >= 0.6 is 0 Å². The number of para-hydroxylation sites is 1. The number of amides is 4. The summed E-state index contributed by atoms with van der Waals surface area (Å²) in [5.74, 6) is -2.00. The fourth-order valence-corrected chi connectivity index (χ4v) is 4.03. The van der Waals surface area contributed by atoms with Gasteiger partial charge in [0, 0.05) is 49.3 Å². The predicted octanol–water partition coefficient (Wildman–Crippen LogP) is 0.657. The van der Waals surface area contributed by atoms with Crippen LogP contribution in [0.2, 0.25) is 0 Å². The van der Waals surface area contributed by atoms with Crippen LogP contribution in [-0.2, 0) is 35.1 Å². The minimum Gasteiger partial charge on any atom is -0.467 e. The first-order valence-electron chi connectivity index (χ1n) is 11.5. The van der Waals surface area contributed by atoms with E-state index in [2.05, 4.69) is 15.6 Å². The third-order valence-corrected chi connectivity index (χ3v) is 5.84. The standard InChI is InChI=1S/C26H25N5O6/c1-37-26(36)19(29-23(33)15-28-22(32)11-13-30-24(34)9-10-25(30)35)14-17-16-31(21-8-4-5-12-27-21)20-7-3-2-6-18(17)20/h2-10,12,16,19H,11,13-15H2,1H3,(H,28,32)(H,29,33)/t19-/m0/s1. The van der Waals surface area contributed by atoms with E-state index in [4.69, 9.17) is 4.74 Å². The Bertz CT molecular complexity index is 1360. The number of nitrogens with zero attached hydrogens (tertiary/aromatic N) is 3. The third-order valence-electron chi connectivity index (χ3n) is 5.84. The molecule has 3 aromatic rings. The highest BCUT2D eigenvalue weighted by molar-refractivity contribution is 6.13. The molecule has 0 saturated carbocycles. The number of nitrogens with one attached hydrogen (secondary N) is 2. The zero-order valence-corrected chi connectivity index (χ0v) is 20.0. The second-order valence-electron chi connectivity index (χ2n) is 8.26. The molecule has 1 aliphatic rings. The van der Waals surface area contributed by atoms with Gasteiger partial charge in [-0.05, 0) is 23.8 Å². The average molecular weight is 504 g/mol. The van der Waals surface area contributed by atoms with Gasteiger partial charge in [0.2, 0.25) is 11.8 Å². The lowest BCUT2D eigenvalue weighted by molar-refractivity contribution is -0.145. The molecule has 37 heavy (non-hydrogen) atoms. The van der Waals surface area contributed by atoms with Crippen molar-refractivity contribution in [2.45, 2.75) is 18.9 Å². The summed E-state index contributed by atoms with van der Waals surface area (Å²) in [5, 5.41) is 5.94. The van der Waals surface area contributed by atoms with Gasteiger partial charge < -0.3 is 19.9 Å². The van der Waals surface area contributed by atoms with E-state index < -0.39 is 35.6 Å². The van der Waals surface area contributed by atoms with Gasteiger partial charge in [-0.25, -0.2) is 9.78 Å². The number of methoxy groups -OCH3 is 1. The van der Waals surface area contributed by atoms with Gasteiger partial charge >= 0.3 is 5.97 Å². The van der Waals surface area contributed by atoms with Gasteiger partial charge in [-0.2, -0.15) is 0 Å². The SMILES string of the molecule is COC(=O)[C@H](Cc1cn(-c2ccccn2)c2ccccc12)NC(=O)CNC(=O)CCN1C(=O)C=CC1=O. The smallest absolute Gasteiger partial charge is 0.328 e. The molecular weight excluding hydrogens is 478 g/mol. The van der Waals surface area contributed by atoms with Crippen molar-refractivity contribution in [3.8, 4) is 5.82 Å². The fourth-order valence-electron chi connectivity index (χ4n) is 4.03. The Morgan fingerprint density at radius 3 is 2.43 bits per heavy atom. The van der Waals surface area contributed by atoms with E-state index in [1.807, 2.05) is 53.2 Å². The quantitative estimate of drug-likeness (QED) is 0.306. The minimum absolute atomic E-state index is 0.0940. The van der Waals surface area contributed by atoms with Crippen molar-refractivity contribution in [3.63, 3.8) is 0 Å². The Labute approximate surface area is 212 Å². The molecular formula is C26H25N5O6. The number of carbonyl (C=O) groups excluding carboxylic acids is 5. The number of rotatable bonds is 10. The van der Waals surface area contributed by atoms with Crippen molar-refractivity contribution in [2.24, 2.45) is 0 Å². The van der Waals surface area contributed by atoms with E-state index in [1.165, 1.54) is 7.11 Å². The van der Waals surface area contributed by atoms with Gasteiger partial charge in [0.1, 0.15) is 11.9 Å². The molecule has 11 heteroatoms. The molecule has 4 amide bonds. The van der Waals surface area contributed by atoms with Crippen molar-refractivity contribution >= 4 is 40.5 Å². The molecule has 190 valence electrons. The van der Waals surface area contributed by atoms with Crippen LogP contribution in [0.1, 0.15) is 12.0 Å². The number of carbonyl (C=O) groups is 5. The Balaban J connectivity index is 1.40. The molecule has 3 heterocycles. The van der Waals surface area contributed by atoms with Crippen molar-refractivity contribution in [1.82, 2.24) is 25.1 Å². The van der Waals surface area contributed by atoms with E-state index in [1.54, 1.807) is 6.20 Å². The normalized spacial score (nSPS) is 13.6. The number of imide groups is 1. The van der Waals surface area contributed by atoms with Crippen molar-refractivity contribution in [3.05, 3.63) is 72.6 Å². The first kappa shape index (κ1) is 25.3. The molecule has 0 aliphatic carbocycles. The van der Waals surface area contributed by atoms with Crippen LogP contribution in [0.25, 0.3) is 16.7 Å². The van der Waals surface area contributed by atoms with Crippen LogP contribution in [0.15, 0.2) is 67.0 Å². The second-order valence-corrected chi connectivity index (χ2v) is 8.26. The molecule has 11 nitrogen and oxygen atoms in total. The predicted molar refractivity (Wildman–Crippen MR) is 132 cm³/mol. The molecule has 1 aromatic carbocycles. The molecule has 0 bridgehead atoms. The summed E-state index contributed by atoms with van der Waals surface area (Å²) >= 11 is 0. The molecule has 2 N–H and O–H groups in total. The highest BCUT2D eigenvalue weighted by atomic mass is 16.5. The van der Waals surface area contributed by atoms with Gasteiger partial charge in [0.15, 0.2) is 0 Å². The molecule has 0 fully saturated rings. The minimum atomic E-state index is -0.997. The average Bonchev–Trinajstić information content (AvgIpc) is 3.44. The Morgan fingerprint density at radius 1 is 1.00 bits per heavy atom. The second kappa shape index (κ2) is 11.3. The molecule has 0 saturated heterocycles. The molecule has 1 atom stereocenters. The number of pyridine rings is 1. The Morgan fingerprint density at radius 2 is 1.73 bits per heavy atom. The monoisotopic (exact) mass is 503 g/mol. The van der Waals surface area contributed by atoms with Crippen molar-refractivity contribution in [2.75, 3.05) is 20.2 Å². The van der Waals surface area contributed by atoms with Gasteiger partial charge in [-0.3, -0.25) is 24.1 Å². The Hall–Kier alpha value is -4.80. The van der Waals surface area contributed by atoms with E-state index in [9.17, 15) is 24.0 Å². The zero-order valence-electron chi connectivity index (χ0n) is 20.0. The largest absolute Gasteiger partial charge is 0.467 e. The van der Waals surface area contributed by atoms with E-state index in [0.29, 0.717) is 5.82 Å². The lowest BCUT2D eigenvalue weighted by atomic mass is 10.0. The lowest BCUT2D eigenvalue weighted by Crippen LogP contribution is -2.47. The summed E-state index contributed by atoms with van der Waals surface area (Å²) in [4.78, 5) is 65.6. The van der Waals surface area contributed by atoms with Gasteiger partial charge in [-0.15, -0.1) is 0 Å². The van der Waals surface area contributed by atoms with Crippen LogP contribution in [0.5, 0.6) is 0 Å². The molecule has 0 unspecified atom stereocenters. The number of hydrogen-bond acceptors (Lipinski definition) is 7. The van der Waals surface area contributed by atoms with Crippen LogP contribution in [0.4, 0.5) is 0 Å². The molecule has 0 spiro atoms. The summed E-state index contributed by atoms with van der Waals surface area (Å²) in [6, 6.07) is 12.2. The third kappa shape index (κ3) is 5.89. The maximum atomic E-state index is 12.5. The molecule has 2 aromatic heterocycles. The van der Waals surface area contributed by atoms with E-state index >= 15 is 0 Å². The van der Waals surface area contributed by atoms with Crippen LogP contribution in [0, 0.1) is 0 Å². The van der Waals surface area contributed by atoms with Crippen LogP contribution in [-0.4, -0.2) is 70.3 Å². The number of ether oxygens (including phenoxy) is 1. The van der Waals surface area contributed by atoms with Crippen molar-refractivity contribution in [1.29, 1.82) is 0 Å². The van der Waals surface area contributed by atoms with Gasteiger partial charge in [0.05, 0.1) is 19.2 Å².